The highest BCUT2D eigenvalue weighted by molar-refractivity contribution is 6.09. The van der Waals surface area contributed by atoms with E-state index in [1.807, 2.05) is 60.7 Å². The van der Waals surface area contributed by atoms with Gasteiger partial charge >= 0.3 is 6.61 Å². The lowest BCUT2D eigenvalue weighted by atomic mass is 10.1. The minimum Gasteiger partial charge on any atom is -0.433 e. The standard InChI is InChI=1S/C25H21F2N3O2/c1-16-13-14-20(21(15-16)32-25(26)27)28-24(31)22-17(2)30(19-11-7-4-8-12-19)29-23(22)18-9-5-3-6-10-18/h3-15,25H,1-2H3,(H,28,31). The van der Waals surface area contributed by atoms with E-state index in [-0.39, 0.29) is 11.4 Å². The molecule has 0 atom stereocenters. The highest BCUT2D eigenvalue weighted by Crippen LogP contribution is 2.31. The van der Waals surface area contributed by atoms with Crippen molar-refractivity contribution in [3.8, 4) is 22.7 Å². The third-order valence-corrected chi connectivity index (χ3v) is 4.99. The van der Waals surface area contributed by atoms with Crippen LogP contribution in [-0.4, -0.2) is 22.3 Å². The summed E-state index contributed by atoms with van der Waals surface area (Å²) in [5.74, 6) is -0.561. The molecule has 162 valence electrons. The predicted molar refractivity (Wildman–Crippen MR) is 120 cm³/mol. The molecule has 0 aliphatic rings. The van der Waals surface area contributed by atoms with Gasteiger partial charge in [-0.05, 0) is 43.7 Å². The van der Waals surface area contributed by atoms with Gasteiger partial charge in [0.05, 0.1) is 22.6 Å². The Morgan fingerprint density at radius 3 is 2.28 bits per heavy atom. The number of hydrogen-bond acceptors (Lipinski definition) is 3. The maximum atomic E-state index is 13.4. The van der Waals surface area contributed by atoms with Gasteiger partial charge in [-0.3, -0.25) is 4.79 Å². The lowest BCUT2D eigenvalue weighted by Crippen LogP contribution is -2.16. The summed E-state index contributed by atoms with van der Waals surface area (Å²) in [7, 11) is 0. The van der Waals surface area contributed by atoms with Crippen LogP contribution in [0.15, 0.2) is 78.9 Å². The van der Waals surface area contributed by atoms with Crippen molar-refractivity contribution in [3.05, 3.63) is 95.7 Å². The van der Waals surface area contributed by atoms with Gasteiger partial charge in [0.15, 0.2) is 0 Å². The molecule has 0 unspecified atom stereocenters. The van der Waals surface area contributed by atoms with Crippen LogP contribution in [0, 0.1) is 13.8 Å². The summed E-state index contributed by atoms with van der Waals surface area (Å²) >= 11 is 0. The molecule has 1 heterocycles. The average Bonchev–Trinajstić information content (AvgIpc) is 3.13. The predicted octanol–water partition coefficient (Wildman–Crippen LogP) is 6.01. The fourth-order valence-electron chi connectivity index (χ4n) is 3.50. The van der Waals surface area contributed by atoms with E-state index in [1.54, 1.807) is 30.7 Å². The van der Waals surface area contributed by atoms with Gasteiger partial charge in [0.25, 0.3) is 5.91 Å². The van der Waals surface area contributed by atoms with Crippen LogP contribution in [-0.2, 0) is 0 Å². The topological polar surface area (TPSA) is 56.2 Å². The van der Waals surface area contributed by atoms with Crippen molar-refractivity contribution >= 4 is 11.6 Å². The summed E-state index contributed by atoms with van der Waals surface area (Å²) in [5, 5.41) is 7.43. The average molecular weight is 433 g/mol. The molecule has 3 aromatic carbocycles. The van der Waals surface area contributed by atoms with Crippen LogP contribution in [0.2, 0.25) is 0 Å². The first-order valence-electron chi connectivity index (χ1n) is 10.0. The second-order valence-corrected chi connectivity index (χ2v) is 7.25. The summed E-state index contributed by atoms with van der Waals surface area (Å²) < 4.78 is 32.1. The number of nitrogens with one attached hydrogen (secondary N) is 1. The molecule has 0 saturated carbocycles. The number of rotatable bonds is 6. The van der Waals surface area contributed by atoms with Gasteiger partial charge < -0.3 is 10.1 Å². The number of aryl methyl sites for hydroxylation is 1. The first kappa shape index (κ1) is 21.2. The number of carbonyl (C=O) groups excluding carboxylic acids is 1. The van der Waals surface area contributed by atoms with E-state index in [2.05, 4.69) is 10.1 Å². The number of alkyl halides is 2. The van der Waals surface area contributed by atoms with E-state index in [0.29, 0.717) is 17.0 Å². The minimum absolute atomic E-state index is 0.0947. The first-order chi connectivity index (χ1) is 15.4. The van der Waals surface area contributed by atoms with Crippen molar-refractivity contribution in [3.63, 3.8) is 0 Å². The van der Waals surface area contributed by atoms with Crippen molar-refractivity contribution in [2.75, 3.05) is 5.32 Å². The summed E-state index contributed by atoms with van der Waals surface area (Å²) in [6.07, 6.45) is 0. The first-order valence-corrected chi connectivity index (χ1v) is 10.0. The number of amides is 1. The third kappa shape index (κ3) is 4.37. The SMILES string of the molecule is Cc1ccc(NC(=O)c2c(-c3ccccc3)nn(-c3ccccc3)c2C)c(OC(F)F)c1. The molecule has 1 amide bonds. The number of halogens is 2. The van der Waals surface area contributed by atoms with E-state index in [1.165, 1.54) is 6.07 Å². The number of hydrogen-bond donors (Lipinski definition) is 1. The van der Waals surface area contributed by atoms with Gasteiger partial charge in [-0.2, -0.15) is 13.9 Å². The molecule has 0 bridgehead atoms. The van der Waals surface area contributed by atoms with Crippen molar-refractivity contribution in [1.82, 2.24) is 9.78 Å². The van der Waals surface area contributed by atoms with Crippen molar-refractivity contribution in [1.29, 1.82) is 0 Å². The Morgan fingerprint density at radius 2 is 1.62 bits per heavy atom. The van der Waals surface area contributed by atoms with Crippen LogP contribution in [0.1, 0.15) is 21.6 Å². The Morgan fingerprint density at radius 1 is 0.969 bits per heavy atom. The van der Waals surface area contributed by atoms with Crippen LogP contribution < -0.4 is 10.1 Å². The molecular weight excluding hydrogens is 412 g/mol. The van der Waals surface area contributed by atoms with Crippen LogP contribution in [0.4, 0.5) is 14.5 Å². The summed E-state index contributed by atoms with van der Waals surface area (Å²) in [6, 6.07) is 23.5. The number of para-hydroxylation sites is 1. The van der Waals surface area contributed by atoms with Gasteiger partial charge in [-0.15, -0.1) is 0 Å². The molecule has 32 heavy (non-hydrogen) atoms. The summed E-state index contributed by atoms with van der Waals surface area (Å²) in [6.45, 7) is 0.549. The lowest BCUT2D eigenvalue weighted by molar-refractivity contribution is -0.0494. The van der Waals surface area contributed by atoms with E-state index < -0.39 is 12.5 Å². The minimum atomic E-state index is -3.00. The smallest absolute Gasteiger partial charge is 0.387 e. The maximum absolute atomic E-state index is 13.4. The Labute approximate surface area is 184 Å². The molecule has 7 heteroatoms. The molecule has 1 N–H and O–H groups in total. The molecule has 0 saturated heterocycles. The number of aromatic nitrogens is 2. The highest BCUT2D eigenvalue weighted by atomic mass is 19.3. The normalized spacial score (nSPS) is 10.9. The molecule has 4 aromatic rings. The van der Waals surface area contributed by atoms with Crippen LogP contribution >= 0.6 is 0 Å². The van der Waals surface area contributed by atoms with Crippen molar-refractivity contribution in [2.45, 2.75) is 20.5 Å². The molecule has 5 nitrogen and oxygen atoms in total. The van der Waals surface area contributed by atoms with Gasteiger partial charge in [0, 0.05) is 5.56 Å². The maximum Gasteiger partial charge on any atom is 0.387 e. The Balaban J connectivity index is 1.79. The molecule has 4 rings (SSSR count). The lowest BCUT2D eigenvalue weighted by Gasteiger charge is -2.13. The number of benzene rings is 3. The zero-order valence-corrected chi connectivity index (χ0v) is 17.5. The van der Waals surface area contributed by atoms with E-state index >= 15 is 0 Å². The Hall–Kier alpha value is -4.00. The molecular formula is C25H21F2N3O2. The van der Waals surface area contributed by atoms with Crippen LogP contribution in [0.3, 0.4) is 0 Å². The zero-order valence-electron chi connectivity index (χ0n) is 17.5. The molecule has 0 fully saturated rings. The molecule has 0 aliphatic heterocycles. The van der Waals surface area contributed by atoms with E-state index in [9.17, 15) is 13.6 Å². The quantitative estimate of drug-likeness (QED) is 0.405. The van der Waals surface area contributed by atoms with E-state index in [0.717, 1.165) is 16.8 Å². The van der Waals surface area contributed by atoms with Crippen molar-refractivity contribution < 1.29 is 18.3 Å². The fraction of sp³-hybridized carbons (Fsp3) is 0.120. The Bertz CT molecular complexity index is 1240. The number of anilines is 1. The number of carbonyl (C=O) groups is 1. The van der Waals surface area contributed by atoms with Gasteiger partial charge in [-0.1, -0.05) is 54.6 Å². The highest BCUT2D eigenvalue weighted by Gasteiger charge is 2.24. The number of nitrogens with zero attached hydrogens (tertiary/aromatic N) is 2. The fourth-order valence-corrected chi connectivity index (χ4v) is 3.50. The van der Waals surface area contributed by atoms with Crippen molar-refractivity contribution in [2.24, 2.45) is 0 Å². The molecule has 0 aliphatic carbocycles. The van der Waals surface area contributed by atoms with Crippen LogP contribution in [0.5, 0.6) is 5.75 Å². The molecule has 0 spiro atoms. The largest absolute Gasteiger partial charge is 0.433 e. The van der Waals surface area contributed by atoms with Gasteiger partial charge in [0.2, 0.25) is 0 Å². The van der Waals surface area contributed by atoms with Crippen LogP contribution in [0.25, 0.3) is 16.9 Å². The summed E-state index contributed by atoms with van der Waals surface area (Å²) in [5.41, 5.74) is 3.93. The molecule has 1 aromatic heterocycles. The van der Waals surface area contributed by atoms with E-state index in [4.69, 9.17) is 5.10 Å². The molecule has 0 radical (unpaired) electrons. The monoisotopic (exact) mass is 433 g/mol. The second-order valence-electron chi connectivity index (χ2n) is 7.25. The van der Waals surface area contributed by atoms with Gasteiger partial charge in [-0.25, -0.2) is 4.68 Å². The summed E-state index contributed by atoms with van der Waals surface area (Å²) in [4.78, 5) is 13.4. The third-order valence-electron chi connectivity index (χ3n) is 4.99. The van der Waals surface area contributed by atoms with Gasteiger partial charge in [0.1, 0.15) is 11.4 Å². The zero-order chi connectivity index (χ0) is 22.7. The second kappa shape index (κ2) is 9.01. The number of ether oxygens (including phenoxy) is 1. The Kier molecular flexibility index (Phi) is 5.98.